The van der Waals surface area contributed by atoms with Crippen molar-refractivity contribution >= 4 is 11.8 Å². The molecular weight excluding hydrogens is 257 g/mol. The normalized spacial score (nSPS) is 30.7. The van der Waals surface area contributed by atoms with Crippen LogP contribution in [-0.4, -0.2) is 11.8 Å². The molecule has 1 aromatic rings. The Kier molecular flexibility index (Phi) is 4.13. The summed E-state index contributed by atoms with van der Waals surface area (Å²) in [6.07, 6.45) is 6.90. The molecule has 0 aliphatic heterocycles. The Morgan fingerprint density at radius 1 is 1.32 bits per heavy atom. The highest BCUT2D eigenvalue weighted by atomic mass is 32.2. The number of nitrogens with two attached hydrogens (primary N) is 1. The fraction of sp³-hybridized carbons (Fsp3) is 0.625. The maximum Gasteiger partial charge on any atom is 0.124 e. The van der Waals surface area contributed by atoms with Gasteiger partial charge in [0.2, 0.25) is 0 Å². The smallest absolute Gasteiger partial charge is 0.124 e. The molecule has 0 radical (unpaired) electrons. The first kappa shape index (κ1) is 13.4. The van der Waals surface area contributed by atoms with E-state index in [0.29, 0.717) is 0 Å². The van der Waals surface area contributed by atoms with Gasteiger partial charge < -0.3 is 5.73 Å². The molecule has 2 saturated carbocycles. The summed E-state index contributed by atoms with van der Waals surface area (Å²) in [5.74, 6) is 3.55. The SMILES string of the molecule is NC(CSc1cccc(F)c1)CC1CC2CCC1C2. The van der Waals surface area contributed by atoms with Crippen LogP contribution in [0.15, 0.2) is 29.2 Å². The number of hydrogen-bond donors (Lipinski definition) is 1. The largest absolute Gasteiger partial charge is 0.327 e. The maximum atomic E-state index is 13.1. The molecule has 0 spiro atoms. The molecule has 0 amide bonds. The van der Waals surface area contributed by atoms with Gasteiger partial charge in [0, 0.05) is 16.7 Å². The highest BCUT2D eigenvalue weighted by molar-refractivity contribution is 7.99. The lowest BCUT2D eigenvalue weighted by atomic mass is 9.85. The molecule has 0 heterocycles. The van der Waals surface area contributed by atoms with Crippen LogP contribution in [0.25, 0.3) is 0 Å². The Labute approximate surface area is 119 Å². The lowest BCUT2D eigenvalue weighted by Gasteiger charge is -2.24. The summed E-state index contributed by atoms with van der Waals surface area (Å²) in [7, 11) is 0. The third-order valence-corrected chi connectivity index (χ3v) is 5.93. The molecule has 2 N–H and O–H groups in total. The van der Waals surface area contributed by atoms with Crippen molar-refractivity contribution in [1.29, 1.82) is 0 Å². The van der Waals surface area contributed by atoms with Crippen LogP contribution < -0.4 is 5.73 Å². The van der Waals surface area contributed by atoms with Crippen molar-refractivity contribution in [3.8, 4) is 0 Å². The highest BCUT2D eigenvalue weighted by Crippen LogP contribution is 2.49. The summed E-state index contributed by atoms with van der Waals surface area (Å²) in [5.41, 5.74) is 6.26. The topological polar surface area (TPSA) is 26.0 Å². The van der Waals surface area contributed by atoms with Crippen LogP contribution >= 0.6 is 11.8 Å². The molecule has 2 aliphatic rings. The molecule has 104 valence electrons. The fourth-order valence-corrected chi connectivity index (χ4v) is 4.80. The Balaban J connectivity index is 1.45. The van der Waals surface area contributed by atoms with Crippen molar-refractivity contribution < 1.29 is 4.39 Å². The van der Waals surface area contributed by atoms with Crippen molar-refractivity contribution in [2.45, 2.75) is 43.0 Å². The lowest BCUT2D eigenvalue weighted by molar-refractivity contribution is 0.301. The van der Waals surface area contributed by atoms with Gasteiger partial charge in [-0.2, -0.15) is 0 Å². The first-order chi connectivity index (χ1) is 9.20. The van der Waals surface area contributed by atoms with Gasteiger partial charge in [-0.05, 0) is 61.6 Å². The van der Waals surface area contributed by atoms with Gasteiger partial charge in [0.25, 0.3) is 0 Å². The Morgan fingerprint density at radius 2 is 2.21 bits per heavy atom. The number of thioether (sulfide) groups is 1. The Bertz CT molecular complexity index is 437. The van der Waals surface area contributed by atoms with Crippen LogP contribution in [-0.2, 0) is 0 Å². The number of benzene rings is 1. The van der Waals surface area contributed by atoms with Crippen LogP contribution in [0.3, 0.4) is 0 Å². The van der Waals surface area contributed by atoms with E-state index in [1.54, 1.807) is 23.9 Å². The summed E-state index contributed by atoms with van der Waals surface area (Å²) in [5, 5.41) is 0. The molecule has 4 unspecified atom stereocenters. The summed E-state index contributed by atoms with van der Waals surface area (Å²) >= 11 is 1.68. The van der Waals surface area contributed by atoms with Gasteiger partial charge in [-0.1, -0.05) is 12.5 Å². The molecule has 19 heavy (non-hydrogen) atoms. The minimum atomic E-state index is -0.160. The van der Waals surface area contributed by atoms with E-state index in [-0.39, 0.29) is 11.9 Å². The lowest BCUT2D eigenvalue weighted by Crippen LogP contribution is -2.28. The highest BCUT2D eigenvalue weighted by Gasteiger charge is 2.39. The summed E-state index contributed by atoms with van der Waals surface area (Å²) < 4.78 is 13.1. The quantitative estimate of drug-likeness (QED) is 0.822. The second kappa shape index (κ2) is 5.84. The van der Waals surface area contributed by atoms with E-state index in [1.165, 1.54) is 31.7 Å². The minimum absolute atomic E-state index is 0.160. The summed E-state index contributed by atoms with van der Waals surface area (Å²) in [4.78, 5) is 0.989. The zero-order valence-electron chi connectivity index (χ0n) is 11.2. The van der Waals surface area contributed by atoms with E-state index in [4.69, 9.17) is 5.73 Å². The Morgan fingerprint density at radius 3 is 2.89 bits per heavy atom. The van der Waals surface area contributed by atoms with E-state index in [0.717, 1.165) is 34.8 Å². The zero-order valence-corrected chi connectivity index (χ0v) is 12.0. The van der Waals surface area contributed by atoms with Crippen LogP contribution in [0.2, 0.25) is 0 Å². The number of rotatable bonds is 5. The molecular formula is C16H22FNS. The van der Waals surface area contributed by atoms with Gasteiger partial charge in [0.05, 0.1) is 0 Å². The van der Waals surface area contributed by atoms with E-state index in [2.05, 4.69) is 0 Å². The third kappa shape index (κ3) is 3.32. The molecule has 3 rings (SSSR count). The van der Waals surface area contributed by atoms with Gasteiger partial charge in [-0.15, -0.1) is 11.8 Å². The molecule has 0 saturated heterocycles. The van der Waals surface area contributed by atoms with E-state index in [1.807, 2.05) is 6.07 Å². The fourth-order valence-electron chi connectivity index (χ4n) is 3.88. The van der Waals surface area contributed by atoms with Crippen LogP contribution in [0.5, 0.6) is 0 Å². The van der Waals surface area contributed by atoms with E-state index >= 15 is 0 Å². The molecule has 3 heteroatoms. The predicted molar refractivity (Wildman–Crippen MR) is 78.7 cm³/mol. The monoisotopic (exact) mass is 279 g/mol. The Hall–Kier alpha value is -0.540. The van der Waals surface area contributed by atoms with Crippen molar-refractivity contribution in [2.24, 2.45) is 23.5 Å². The molecule has 1 nitrogen and oxygen atoms in total. The van der Waals surface area contributed by atoms with E-state index in [9.17, 15) is 4.39 Å². The number of hydrogen-bond acceptors (Lipinski definition) is 2. The first-order valence-corrected chi connectivity index (χ1v) is 8.33. The average molecular weight is 279 g/mol. The minimum Gasteiger partial charge on any atom is -0.327 e. The van der Waals surface area contributed by atoms with Crippen molar-refractivity contribution in [3.63, 3.8) is 0 Å². The van der Waals surface area contributed by atoms with Crippen LogP contribution in [0, 0.1) is 23.6 Å². The molecule has 0 aromatic heterocycles. The third-order valence-electron chi connectivity index (χ3n) is 4.75. The standard InChI is InChI=1S/C16H22FNS/c17-14-2-1-3-16(9-14)19-10-15(18)8-13-7-11-4-5-12(13)6-11/h1-3,9,11-13,15H,4-8,10,18H2. The van der Waals surface area contributed by atoms with Crippen molar-refractivity contribution in [1.82, 2.24) is 0 Å². The molecule has 2 bridgehead atoms. The van der Waals surface area contributed by atoms with Gasteiger partial charge in [-0.25, -0.2) is 4.39 Å². The van der Waals surface area contributed by atoms with Crippen molar-refractivity contribution in [2.75, 3.05) is 5.75 Å². The van der Waals surface area contributed by atoms with Crippen LogP contribution in [0.1, 0.15) is 32.1 Å². The maximum absolute atomic E-state index is 13.1. The first-order valence-electron chi connectivity index (χ1n) is 7.34. The zero-order chi connectivity index (χ0) is 13.2. The molecule has 2 fully saturated rings. The van der Waals surface area contributed by atoms with Crippen molar-refractivity contribution in [3.05, 3.63) is 30.1 Å². The predicted octanol–water partition coefficient (Wildman–Crippen LogP) is 4.07. The second-order valence-corrected chi connectivity index (χ2v) is 7.29. The van der Waals surface area contributed by atoms with Gasteiger partial charge in [-0.3, -0.25) is 0 Å². The molecule has 4 atom stereocenters. The van der Waals surface area contributed by atoms with Gasteiger partial charge >= 0.3 is 0 Å². The number of fused-ring (bicyclic) bond motifs is 2. The number of halogens is 1. The van der Waals surface area contributed by atoms with Gasteiger partial charge in [0.1, 0.15) is 5.82 Å². The van der Waals surface area contributed by atoms with Crippen LogP contribution in [0.4, 0.5) is 4.39 Å². The second-order valence-electron chi connectivity index (χ2n) is 6.20. The average Bonchev–Trinajstić information content (AvgIpc) is 2.99. The molecule has 1 aromatic carbocycles. The van der Waals surface area contributed by atoms with Gasteiger partial charge in [0.15, 0.2) is 0 Å². The molecule has 2 aliphatic carbocycles. The summed E-state index contributed by atoms with van der Waals surface area (Å²) in [6, 6.07) is 7.04. The van der Waals surface area contributed by atoms with E-state index < -0.39 is 0 Å². The summed E-state index contributed by atoms with van der Waals surface area (Å²) in [6.45, 7) is 0.